The first kappa shape index (κ1) is 36.1. The molecule has 12 rings (SSSR count). The van der Waals surface area contributed by atoms with Crippen molar-refractivity contribution in [3.8, 4) is 33.4 Å². The van der Waals surface area contributed by atoms with E-state index in [0.29, 0.717) is 0 Å². The fourth-order valence-corrected chi connectivity index (χ4v) is 11.1. The third kappa shape index (κ3) is 5.22. The van der Waals surface area contributed by atoms with E-state index in [9.17, 15) is 0 Å². The number of anilines is 3. The van der Waals surface area contributed by atoms with Gasteiger partial charge in [0.05, 0.1) is 11.1 Å². The maximum atomic E-state index is 2.52. The van der Waals surface area contributed by atoms with E-state index < -0.39 is 5.41 Å². The van der Waals surface area contributed by atoms with Crippen molar-refractivity contribution in [3.63, 3.8) is 0 Å². The van der Waals surface area contributed by atoms with Crippen LogP contribution in [0.5, 0.6) is 0 Å². The highest BCUT2D eigenvalue weighted by Crippen LogP contribution is 2.60. The molecule has 1 nitrogen and oxygen atoms in total. The van der Waals surface area contributed by atoms with Crippen LogP contribution in [-0.2, 0) is 10.8 Å². The predicted octanol–water partition coefficient (Wildman–Crippen LogP) is 15.7. The summed E-state index contributed by atoms with van der Waals surface area (Å²) >= 11 is 0. The first-order valence-electron chi connectivity index (χ1n) is 21.7. The maximum Gasteiger partial charge on any atom is 0.0714 e. The maximum absolute atomic E-state index is 2.52. The number of hydrogen-bond acceptors (Lipinski definition) is 1. The number of fused-ring (bicyclic) bond motifs is 7. The summed E-state index contributed by atoms with van der Waals surface area (Å²) in [6, 6.07) is 90.0. The predicted molar refractivity (Wildman–Crippen MR) is 259 cm³/mol. The van der Waals surface area contributed by atoms with E-state index in [-0.39, 0.29) is 5.41 Å². The van der Waals surface area contributed by atoms with Gasteiger partial charge in [0.25, 0.3) is 0 Å². The Morgan fingerprint density at radius 3 is 1.58 bits per heavy atom. The van der Waals surface area contributed by atoms with Crippen molar-refractivity contribution in [2.45, 2.75) is 17.8 Å². The fourth-order valence-electron chi connectivity index (χ4n) is 11.1. The molecule has 0 aromatic heterocycles. The van der Waals surface area contributed by atoms with Gasteiger partial charge in [0.1, 0.15) is 0 Å². The molecule has 0 aliphatic heterocycles. The molecule has 0 heterocycles. The molecule has 2 aliphatic carbocycles. The van der Waals surface area contributed by atoms with E-state index in [2.05, 4.69) is 254 Å². The van der Waals surface area contributed by atoms with E-state index in [0.717, 1.165) is 17.1 Å². The summed E-state index contributed by atoms with van der Waals surface area (Å²) in [5.41, 5.74) is 19.1. The second-order valence-electron chi connectivity index (χ2n) is 16.9. The van der Waals surface area contributed by atoms with E-state index in [4.69, 9.17) is 0 Å². The van der Waals surface area contributed by atoms with Gasteiger partial charge < -0.3 is 4.90 Å². The van der Waals surface area contributed by atoms with Crippen LogP contribution in [0.25, 0.3) is 44.2 Å². The van der Waals surface area contributed by atoms with Crippen molar-refractivity contribution in [1.29, 1.82) is 0 Å². The summed E-state index contributed by atoms with van der Waals surface area (Å²) in [4.78, 5) is 2.52. The molecule has 0 saturated carbocycles. The Morgan fingerprint density at radius 1 is 0.339 bits per heavy atom. The molecule has 0 saturated heterocycles. The van der Waals surface area contributed by atoms with Gasteiger partial charge in [0.15, 0.2) is 0 Å². The van der Waals surface area contributed by atoms with E-state index in [1.807, 2.05) is 0 Å². The average Bonchev–Trinajstić information content (AvgIpc) is 3.80. The molecular weight excluding hydrogens is 747 g/mol. The molecule has 0 bridgehead atoms. The molecule has 0 fully saturated rings. The summed E-state index contributed by atoms with van der Waals surface area (Å²) < 4.78 is 0. The van der Waals surface area contributed by atoms with E-state index in [1.54, 1.807) is 0 Å². The largest absolute Gasteiger partial charge is 0.310 e. The Bertz CT molecular complexity index is 3250. The smallest absolute Gasteiger partial charge is 0.0714 e. The molecule has 2 aliphatic rings. The molecule has 0 N–H and O–H groups in total. The van der Waals surface area contributed by atoms with Crippen molar-refractivity contribution in [2.75, 3.05) is 4.90 Å². The summed E-state index contributed by atoms with van der Waals surface area (Å²) in [6.45, 7) is 2.41. The van der Waals surface area contributed by atoms with Crippen LogP contribution in [0.4, 0.5) is 17.1 Å². The highest BCUT2D eigenvalue weighted by Gasteiger charge is 2.47. The Hall–Kier alpha value is -7.74. The van der Waals surface area contributed by atoms with Gasteiger partial charge in [-0.1, -0.05) is 212 Å². The van der Waals surface area contributed by atoms with Crippen LogP contribution in [0.3, 0.4) is 0 Å². The third-order valence-electron chi connectivity index (χ3n) is 13.8. The lowest BCUT2D eigenvalue weighted by Gasteiger charge is -2.34. The van der Waals surface area contributed by atoms with Gasteiger partial charge in [-0.25, -0.2) is 0 Å². The molecule has 1 heteroatoms. The Morgan fingerprint density at radius 2 is 0.855 bits per heavy atom. The summed E-state index contributed by atoms with van der Waals surface area (Å²) in [7, 11) is 0. The Balaban J connectivity index is 1.13. The van der Waals surface area contributed by atoms with Gasteiger partial charge in [-0.3, -0.25) is 0 Å². The van der Waals surface area contributed by atoms with Crippen molar-refractivity contribution >= 4 is 27.8 Å². The highest BCUT2D eigenvalue weighted by atomic mass is 15.1. The van der Waals surface area contributed by atoms with Gasteiger partial charge in [-0.15, -0.1) is 0 Å². The second-order valence-corrected chi connectivity index (χ2v) is 16.9. The molecule has 10 aromatic carbocycles. The Kier molecular flexibility index (Phi) is 8.27. The van der Waals surface area contributed by atoms with Crippen LogP contribution in [0.1, 0.15) is 45.9 Å². The monoisotopic (exact) mass is 789 g/mol. The zero-order chi connectivity index (χ0) is 41.3. The first-order valence-corrected chi connectivity index (χ1v) is 21.7. The number of hydrogen-bond donors (Lipinski definition) is 0. The normalized spacial score (nSPS) is 15.4. The molecule has 0 radical (unpaired) electrons. The summed E-state index contributed by atoms with van der Waals surface area (Å²) in [5.74, 6) is 0. The lowest BCUT2D eigenvalue weighted by molar-refractivity contribution is 0.714. The minimum Gasteiger partial charge on any atom is -0.310 e. The van der Waals surface area contributed by atoms with Gasteiger partial charge in [-0.05, 0) is 115 Å². The van der Waals surface area contributed by atoms with Gasteiger partial charge >= 0.3 is 0 Å². The van der Waals surface area contributed by atoms with Gasteiger partial charge in [-0.2, -0.15) is 0 Å². The van der Waals surface area contributed by atoms with Gasteiger partial charge in [0, 0.05) is 22.4 Å². The van der Waals surface area contributed by atoms with E-state index in [1.165, 1.54) is 83.1 Å². The molecule has 62 heavy (non-hydrogen) atoms. The van der Waals surface area contributed by atoms with Crippen molar-refractivity contribution < 1.29 is 0 Å². The van der Waals surface area contributed by atoms with Crippen molar-refractivity contribution in [2.24, 2.45) is 0 Å². The second kappa shape index (κ2) is 14.2. The van der Waals surface area contributed by atoms with Gasteiger partial charge in [0.2, 0.25) is 0 Å². The molecule has 0 spiro atoms. The van der Waals surface area contributed by atoms with Crippen LogP contribution in [0, 0.1) is 0 Å². The van der Waals surface area contributed by atoms with Crippen LogP contribution < -0.4 is 4.90 Å². The molecular formula is C61H43N. The van der Waals surface area contributed by atoms with E-state index >= 15 is 0 Å². The molecule has 10 aromatic rings. The first-order chi connectivity index (χ1) is 30.7. The number of benzene rings is 10. The summed E-state index contributed by atoms with van der Waals surface area (Å²) in [6.07, 6.45) is 0. The third-order valence-corrected chi connectivity index (χ3v) is 13.8. The lowest BCUT2D eigenvalue weighted by Crippen LogP contribution is -2.28. The Labute approximate surface area is 363 Å². The molecule has 292 valence electrons. The highest BCUT2D eigenvalue weighted by molar-refractivity contribution is 6.00. The minimum absolute atomic E-state index is 0.339. The molecule has 0 amide bonds. The summed E-state index contributed by atoms with van der Waals surface area (Å²) in [5, 5.41) is 2.50. The zero-order valence-corrected chi connectivity index (χ0v) is 34.5. The SMILES string of the molecule is CC1(c2ccccc2)c2ccccc2-c2ccc(N(c3ccc(-c4cccc5ccccc45)cc3)c3cccc4c3-c3ccccc3C4(c3ccccc3)c3ccccc3)cc21. The van der Waals surface area contributed by atoms with Crippen molar-refractivity contribution in [1.82, 2.24) is 0 Å². The standard InChI is InChI=1S/C61H43N/c1-60(44-21-5-2-6-22-44)54-31-15-13-28-51(54)52-40-39-48(41-57(52)60)62(47-37-35-43(36-38-47)50-30-17-20-42-19-11-12-27-49(42)50)58-34-18-33-56-59(58)53-29-14-16-32-55(53)61(56,45-23-7-3-8-24-45)46-25-9-4-10-26-46/h2-41H,1H3. The van der Waals surface area contributed by atoms with Crippen LogP contribution in [0.2, 0.25) is 0 Å². The topological polar surface area (TPSA) is 3.24 Å². The molecule has 1 atom stereocenters. The quantitative estimate of drug-likeness (QED) is 0.155. The minimum atomic E-state index is -0.514. The van der Waals surface area contributed by atoms with Crippen LogP contribution in [0.15, 0.2) is 243 Å². The van der Waals surface area contributed by atoms with Crippen LogP contribution >= 0.6 is 0 Å². The van der Waals surface area contributed by atoms with Crippen LogP contribution in [-0.4, -0.2) is 0 Å². The average molecular weight is 790 g/mol. The number of nitrogens with zero attached hydrogens (tertiary/aromatic N) is 1. The lowest BCUT2D eigenvalue weighted by atomic mass is 9.68. The zero-order valence-electron chi connectivity index (χ0n) is 34.5. The molecule has 1 unspecified atom stereocenters. The van der Waals surface area contributed by atoms with Crippen molar-refractivity contribution in [3.05, 3.63) is 282 Å². The fraction of sp³-hybridized carbons (Fsp3) is 0.0492. The number of rotatable bonds is 7.